The largest absolute Gasteiger partial charge is 0.486 e. The van der Waals surface area contributed by atoms with Crippen molar-refractivity contribution >= 4 is 40.0 Å². The molecule has 0 fully saturated rings. The molecule has 0 aliphatic carbocycles. The first kappa shape index (κ1) is 26.5. The summed E-state index contributed by atoms with van der Waals surface area (Å²) in [6, 6.07) is 9.71. The zero-order chi connectivity index (χ0) is 25.6. The summed E-state index contributed by atoms with van der Waals surface area (Å²) in [7, 11) is 1.31. The molecule has 1 amide bonds. The number of methoxy groups -OCH3 is 1. The number of amides is 1. The van der Waals surface area contributed by atoms with E-state index >= 15 is 0 Å². The van der Waals surface area contributed by atoms with Crippen molar-refractivity contribution in [2.75, 3.05) is 18.2 Å². The lowest BCUT2D eigenvalue weighted by molar-refractivity contribution is -0.113. The molecule has 0 atom stereocenters. The number of thiophene rings is 1. The summed E-state index contributed by atoms with van der Waals surface area (Å²) in [5.74, 6) is 0.733. The molecule has 186 valence electrons. The predicted molar refractivity (Wildman–Crippen MR) is 139 cm³/mol. The van der Waals surface area contributed by atoms with Gasteiger partial charge in [-0.05, 0) is 36.1 Å². The van der Waals surface area contributed by atoms with Crippen LogP contribution in [-0.2, 0) is 28.1 Å². The molecule has 1 aromatic carbocycles. The van der Waals surface area contributed by atoms with Crippen LogP contribution < -0.4 is 10.1 Å². The minimum Gasteiger partial charge on any atom is -0.486 e. The molecule has 0 aliphatic heterocycles. The number of nitrogens with zero attached hydrogens (tertiary/aromatic N) is 3. The zero-order valence-corrected chi connectivity index (χ0v) is 22.2. The molecule has 1 N–H and O–H groups in total. The summed E-state index contributed by atoms with van der Waals surface area (Å²) >= 11 is 2.58. The second-order valence-corrected chi connectivity index (χ2v) is 11.0. The summed E-state index contributed by atoms with van der Waals surface area (Å²) < 4.78 is 12.6. The third-order valence-electron chi connectivity index (χ3n) is 5.04. The number of thioether (sulfide) groups is 1. The minimum absolute atomic E-state index is 0.0737. The van der Waals surface area contributed by atoms with E-state index < -0.39 is 5.97 Å². The van der Waals surface area contributed by atoms with E-state index in [1.165, 1.54) is 35.8 Å². The van der Waals surface area contributed by atoms with Crippen LogP contribution in [0.1, 0.15) is 47.4 Å². The molecule has 0 bridgehead atoms. The van der Waals surface area contributed by atoms with E-state index in [1.54, 1.807) is 12.1 Å². The summed E-state index contributed by atoms with van der Waals surface area (Å²) in [5.41, 5.74) is 1.65. The molecule has 0 unspecified atom stereocenters. The molecule has 8 nitrogen and oxygen atoms in total. The second kappa shape index (κ2) is 11.5. The molecule has 0 radical (unpaired) electrons. The van der Waals surface area contributed by atoms with E-state index in [0.717, 1.165) is 10.6 Å². The van der Waals surface area contributed by atoms with Crippen molar-refractivity contribution in [3.05, 3.63) is 64.8 Å². The van der Waals surface area contributed by atoms with Crippen molar-refractivity contribution in [1.29, 1.82) is 0 Å². The van der Waals surface area contributed by atoms with Crippen LogP contribution in [0.2, 0.25) is 0 Å². The Morgan fingerprint density at radius 1 is 1.23 bits per heavy atom. The Morgan fingerprint density at radius 2 is 1.94 bits per heavy atom. The molecule has 3 aromatic rings. The van der Waals surface area contributed by atoms with Gasteiger partial charge < -0.3 is 14.8 Å². The molecule has 0 saturated heterocycles. The van der Waals surface area contributed by atoms with Gasteiger partial charge in [0.2, 0.25) is 5.91 Å². The number of esters is 1. The van der Waals surface area contributed by atoms with Gasteiger partial charge in [-0.2, -0.15) is 0 Å². The van der Waals surface area contributed by atoms with E-state index in [-0.39, 0.29) is 23.7 Å². The van der Waals surface area contributed by atoms with E-state index in [2.05, 4.69) is 55.0 Å². The van der Waals surface area contributed by atoms with E-state index in [0.29, 0.717) is 28.1 Å². The van der Waals surface area contributed by atoms with Gasteiger partial charge >= 0.3 is 5.97 Å². The summed E-state index contributed by atoms with van der Waals surface area (Å²) in [4.78, 5) is 25.4. The number of aryl methyl sites for hydroxylation is 1. The Bertz CT molecular complexity index is 1190. The van der Waals surface area contributed by atoms with Gasteiger partial charge in [0.25, 0.3) is 0 Å². The normalized spacial score (nSPS) is 11.2. The van der Waals surface area contributed by atoms with Crippen LogP contribution in [-0.4, -0.2) is 39.5 Å². The Morgan fingerprint density at radius 3 is 2.57 bits per heavy atom. The maximum absolute atomic E-state index is 12.6. The maximum Gasteiger partial charge on any atom is 0.340 e. The van der Waals surface area contributed by atoms with E-state index in [1.807, 2.05) is 23.6 Å². The second-order valence-electron chi connectivity index (χ2n) is 8.79. The zero-order valence-electron chi connectivity index (χ0n) is 20.6. The number of benzene rings is 1. The molecule has 2 aromatic heterocycles. The lowest BCUT2D eigenvalue weighted by atomic mass is 9.87. The van der Waals surface area contributed by atoms with Crippen LogP contribution in [0.15, 0.2) is 48.1 Å². The standard InChI is InChI=1S/C25H30N4O4S2/c1-7-12-29-20(14-33-18-10-8-17(9-11-18)25(3,4)5)27-28-24(29)34-15-21(30)26-22-19(23(31)32-6)13-16(2)35-22/h7-11,13H,1,12,14-15H2,2-6H3,(H,26,30). The highest BCUT2D eigenvalue weighted by Crippen LogP contribution is 2.29. The first-order valence-corrected chi connectivity index (χ1v) is 12.8. The number of carbonyl (C=O) groups is 2. The first-order valence-electron chi connectivity index (χ1n) is 11.0. The van der Waals surface area contributed by atoms with E-state index in [9.17, 15) is 9.59 Å². The van der Waals surface area contributed by atoms with Crippen LogP contribution in [0, 0.1) is 6.92 Å². The number of aromatic nitrogens is 3. The van der Waals surface area contributed by atoms with Gasteiger partial charge in [-0.3, -0.25) is 9.36 Å². The summed E-state index contributed by atoms with van der Waals surface area (Å²) in [6.07, 6.45) is 1.74. The fourth-order valence-corrected chi connectivity index (χ4v) is 4.89. The molecule has 2 heterocycles. The Balaban J connectivity index is 1.63. The average molecular weight is 515 g/mol. The number of ether oxygens (including phenoxy) is 2. The molecule has 0 saturated carbocycles. The minimum atomic E-state index is -0.485. The highest BCUT2D eigenvalue weighted by molar-refractivity contribution is 7.99. The molecule has 0 spiro atoms. The molecular formula is C25H30N4O4S2. The van der Waals surface area contributed by atoms with Crippen molar-refractivity contribution in [3.63, 3.8) is 0 Å². The Labute approximate surface area is 213 Å². The van der Waals surface area contributed by atoms with Crippen LogP contribution in [0.5, 0.6) is 5.75 Å². The van der Waals surface area contributed by atoms with Crippen LogP contribution >= 0.6 is 23.1 Å². The Kier molecular flexibility index (Phi) is 8.74. The number of carbonyl (C=O) groups excluding carboxylic acids is 2. The van der Waals surface area contributed by atoms with Gasteiger partial charge in [-0.15, -0.1) is 28.1 Å². The predicted octanol–water partition coefficient (Wildman–Crippen LogP) is 5.23. The van der Waals surface area contributed by atoms with Crippen molar-refractivity contribution in [1.82, 2.24) is 14.8 Å². The van der Waals surface area contributed by atoms with Gasteiger partial charge in [0.1, 0.15) is 17.4 Å². The van der Waals surface area contributed by atoms with Crippen molar-refractivity contribution < 1.29 is 19.1 Å². The third kappa shape index (κ3) is 6.95. The van der Waals surface area contributed by atoms with Gasteiger partial charge in [0.05, 0.1) is 18.4 Å². The smallest absolute Gasteiger partial charge is 0.340 e. The summed E-state index contributed by atoms with van der Waals surface area (Å²) in [6.45, 7) is 12.9. The molecule has 10 heteroatoms. The van der Waals surface area contributed by atoms with Crippen LogP contribution in [0.25, 0.3) is 0 Å². The topological polar surface area (TPSA) is 95.3 Å². The number of hydrogen-bond acceptors (Lipinski definition) is 8. The van der Waals surface area contributed by atoms with Crippen LogP contribution in [0.3, 0.4) is 0 Å². The highest BCUT2D eigenvalue weighted by Gasteiger charge is 2.19. The highest BCUT2D eigenvalue weighted by atomic mass is 32.2. The lowest BCUT2D eigenvalue weighted by Crippen LogP contribution is -2.16. The lowest BCUT2D eigenvalue weighted by Gasteiger charge is -2.19. The molecular weight excluding hydrogens is 484 g/mol. The quantitative estimate of drug-likeness (QED) is 0.225. The fourth-order valence-electron chi connectivity index (χ4n) is 3.21. The maximum atomic E-state index is 12.6. The SMILES string of the molecule is C=CCn1c(COc2ccc(C(C)(C)C)cc2)nnc1SCC(=O)Nc1sc(C)cc1C(=O)OC. The van der Waals surface area contributed by atoms with Crippen molar-refractivity contribution in [3.8, 4) is 5.75 Å². The fraction of sp³-hybridized carbons (Fsp3) is 0.360. The molecule has 0 aliphatic rings. The van der Waals surface area contributed by atoms with Gasteiger partial charge in [-0.1, -0.05) is 50.7 Å². The van der Waals surface area contributed by atoms with Crippen molar-refractivity contribution in [2.45, 2.75) is 51.4 Å². The molecule has 35 heavy (non-hydrogen) atoms. The monoisotopic (exact) mass is 514 g/mol. The first-order chi connectivity index (χ1) is 16.6. The number of hydrogen-bond donors (Lipinski definition) is 1. The number of allylic oxidation sites excluding steroid dienone is 1. The number of anilines is 1. The van der Waals surface area contributed by atoms with Gasteiger partial charge in [-0.25, -0.2) is 4.79 Å². The van der Waals surface area contributed by atoms with Crippen molar-refractivity contribution in [2.24, 2.45) is 0 Å². The molecule has 3 rings (SSSR count). The summed E-state index contributed by atoms with van der Waals surface area (Å²) in [5, 5.41) is 12.3. The third-order valence-corrected chi connectivity index (χ3v) is 6.97. The van der Waals surface area contributed by atoms with Gasteiger partial charge in [0, 0.05) is 11.4 Å². The average Bonchev–Trinajstić information content (AvgIpc) is 3.38. The number of nitrogens with one attached hydrogen (secondary N) is 1. The Hall–Kier alpha value is -3.11. The van der Waals surface area contributed by atoms with E-state index in [4.69, 9.17) is 9.47 Å². The van der Waals surface area contributed by atoms with Crippen LogP contribution in [0.4, 0.5) is 5.00 Å². The van der Waals surface area contributed by atoms with Gasteiger partial charge in [0.15, 0.2) is 11.0 Å². The number of rotatable bonds is 10.